The van der Waals surface area contributed by atoms with E-state index in [9.17, 15) is 14.9 Å². The Labute approximate surface area is 84.5 Å². The van der Waals surface area contributed by atoms with E-state index in [0.29, 0.717) is 17.7 Å². The number of nitro benzene ring substituents is 1. The topological polar surface area (TPSA) is 60.2 Å². The molecular formula is C9H7NO3S. The number of non-ortho nitro benzene ring substituents is 1. The minimum atomic E-state index is -0.445. The molecule has 0 unspecified atom stereocenters. The van der Waals surface area contributed by atoms with Gasteiger partial charge in [-0.25, -0.2) is 0 Å². The van der Waals surface area contributed by atoms with Crippen LogP contribution < -0.4 is 0 Å². The van der Waals surface area contributed by atoms with E-state index in [1.165, 1.54) is 23.9 Å². The number of rotatable bonds is 1. The number of benzene rings is 1. The molecule has 1 aromatic rings. The Morgan fingerprint density at radius 2 is 2.21 bits per heavy atom. The Bertz CT molecular complexity index is 417. The molecule has 0 saturated carbocycles. The van der Waals surface area contributed by atoms with Crippen molar-refractivity contribution < 1.29 is 9.72 Å². The maximum atomic E-state index is 11.4. The van der Waals surface area contributed by atoms with Gasteiger partial charge in [0.25, 0.3) is 5.69 Å². The fourth-order valence-electron chi connectivity index (χ4n) is 1.36. The molecule has 0 aliphatic carbocycles. The molecule has 14 heavy (non-hydrogen) atoms. The number of fused-ring (bicyclic) bond motifs is 1. The molecule has 2 rings (SSSR count). The molecule has 0 saturated heterocycles. The van der Waals surface area contributed by atoms with Gasteiger partial charge in [0.05, 0.1) is 4.92 Å². The molecule has 1 heterocycles. The molecule has 0 bridgehead atoms. The van der Waals surface area contributed by atoms with Crippen LogP contribution in [0.15, 0.2) is 23.1 Å². The molecule has 0 fully saturated rings. The van der Waals surface area contributed by atoms with Crippen LogP contribution in [-0.4, -0.2) is 16.5 Å². The SMILES string of the molecule is O=C1CCSc2cc([N+](=O)[O-])ccc21. The van der Waals surface area contributed by atoms with E-state index in [0.717, 1.165) is 4.90 Å². The Balaban J connectivity index is 2.49. The first-order chi connectivity index (χ1) is 6.68. The quantitative estimate of drug-likeness (QED) is 0.525. The summed E-state index contributed by atoms with van der Waals surface area (Å²) in [6, 6.07) is 4.39. The highest BCUT2D eigenvalue weighted by atomic mass is 32.2. The van der Waals surface area contributed by atoms with E-state index in [4.69, 9.17) is 0 Å². The summed E-state index contributed by atoms with van der Waals surface area (Å²) in [4.78, 5) is 22.2. The standard InChI is InChI=1S/C9H7NO3S/c11-8-3-4-14-9-5-6(10(12)13)1-2-7(8)9/h1-2,5H,3-4H2. The van der Waals surface area contributed by atoms with Gasteiger partial charge in [0, 0.05) is 34.8 Å². The molecule has 0 N–H and O–H groups in total. The minimum Gasteiger partial charge on any atom is -0.294 e. The fraction of sp³-hybridized carbons (Fsp3) is 0.222. The number of ketones is 1. The molecule has 5 heteroatoms. The van der Waals surface area contributed by atoms with Crippen LogP contribution in [0.4, 0.5) is 5.69 Å². The lowest BCUT2D eigenvalue weighted by molar-refractivity contribution is -0.385. The summed E-state index contributed by atoms with van der Waals surface area (Å²) in [6.45, 7) is 0. The summed E-state index contributed by atoms with van der Waals surface area (Å²) < 4.78 is 0. The molecule has 72 valence electrons. The molecule has 1 aromatic carbocycles. The average molecular weight is 209 g/mol. The van der Waals surface area contributed by atoms with Crippen LogP contribution in [0.25, 0.3) is 0 Å². The third-order valence-corrected chi connectivity index (χ3v) is 3.12. The number of thioether (sulfide) groups is 1. The summed E-state index contributed by atoms with van der Waals surface area (Å²) in [6.07, 6.45) is 0.523. The molecule has 1 aliphatic heterocycles. The van der Waals surface area contributed by atoms with Gasteiger partial charge in [0.1, 0.15) is 0 Å². The summed E-state index contributed by atoms with van der Waals surface area (Å²) in [5, 5.41) is 10.5. The average Bonchev–Trinajstić information content (AvgIpc) is 2.17. The normalized spacial score (nSPS) is 15.0. The lowest BCUT2D eigenvalue weighted by atomic mass is 10.1. The largest absolute Gasteiger partial charge is 0.294 e. The number of nitrogens with zero attached hydrogens (tertiary/aromatic N) is 1. The van der Waals surface area contributed by atoms with Gasteiger partial charge in [-0.2, -0.15) is 0 Å². The number of hydrogen-bond donors (Lipinski definition) is 0. The first kappa shape index (κ1) is 9.21. The van der Waals surface area contributed by atoms with Gasteiger partial charge in [-0.05, 0) is 6.07 Å². The Morgan fingerprint density at radius 3 is 2.93 bits per heavy atom. The minimum absolute atomic E-state index is 0.0472. The van der Waals surface area contributed by atoms with Crippen molar-refractivity contribution >= 4 is 23.2 Å². The van der Waals surface area contributed by atoms with Crippen molar-refractivity contribution in [3.8, 4) is 0 Å². The first-order valence-corrected chi connectivity index (χ1v) is 5.11. The number of carbonyl (C=O) groups is 1. The van der Waals surface area contributed by atoms with Gasteiger partial charge in [-0.1, -0.05) is 0 Å². The van der Waals surface area contributed by atoms with Gasteiger partial charge in [-0.15, -0.1) is 11.8 Å². The second-order valence-electron chi connectivity index (χ2n) is 2.96. The maximum Gasteiger partial charge on any atom is 0.270 e. The molecule has 0 radical (unpaired) electrons. The predicted molar refractivity (Wildman–Crippen MR) is 52.8 cm³/mol. The van der Waals surface area contributed by atoms with Crippen molar-refractivity contribution in [2.75, 3.05) is 5.75 Å². The van der Waals surface area contributed by atoms with Crippen LogP contribution in [0.5, 0.6) is 0 Å². The van der Waals surface area contributed by atoms with Crippen LogP contribution in [0.3, 0.4) is 0 Å². The van der Waals surface area contributed by atoms with Crippen molar-refractivity contribution in [1.82, 2.24) is 0 Å². The van der Waals surface area contributed by atoms with Gasteiger partial charge in [0.2, 0.25) is 0 Å². The maximum absolute atomic E-state index is 11.4. The molecular weight excluding hydrogens is 202 g/mol. The van der Waals surface area contributed by atoms with Crippen LogP contribution in [0.2, 0.25) is 0 Å². The second-order valence-corrected chi connectivity index (χ2v) is 4.10. The highest BCUT2D eigenvalue weighted by molar-refractivity contribution is 7.99. The second kappa shape index (κ2) is 3.42. The summed E-state index contributed by atoms with van der Waals surface area (Å²) in [5.74, 6) is 0.793. The van der Waals surface area contributed by atoms with Crippen molar-refractivity contribution in [3.63, 3.8) is 0 Å². The van der Waals surface area contributed by atoms with Crippen LogP contribution in [-0.2, 0) is 0 Å². The van der Waals surface area contributed by atoms with Crippen LogP contribution in [0, 0.1) is 10.1 Å². The Kier molecular flexibility index (Phi) is 2.25. The highest BCUT2D eigenvalue weighted by Crippen LogP contribution is 2.32. The van der Waals surface area contributed by atoms with Gasteiger partial charge in [0.15, 0.2) is 5.78 Å². The third kappa shape index (κ3) is 1.50. The monoisotopic (exact) mass is 209 g/mol. The van der Waals surface area contributed by atoms with Crippen molar-refractivity contribution in [2.24, 2.45) is 0 Å². The molecule has 0 amide bonds. The van der Waals surface area contributed by atoms with E-state index >= 15 is 0 Å². The Morgan fingerprint density at radius 1 is 1.43 bits per heavy atom. The summed E-state index contributed by atoms with van der Waals surface area (Å²) in [7, 11) is 0. The van der Waals surface area contributed by atoms with E-state index < -0.39 is 4.92 Å². The Hall–Kier alpha value is -1.36. The van der Waals surface area contributed by atoms with E-state index in [1.807, 2.05) is 0 Å². The number of carbonyl (C=O) groups excluding carboxylic acids is 1. The third-order valence-electron chi connectivity index (χ3n) is 2.06. The summed E-state index contributed by atoms with van der Waals surface area (Å²) in [5.41, 5.74) is 0.665. The predicted octanol–water partition coefficient (Wildman–Crippen LogP) is 2.27. The number of Topliss-reactive ketones (excluding diaryl/α,β-unsaturated/α-hetero) is 1. The molecule has 1 aliphatic rings. The van der Waals surface area contributed by atoms with E-state index in [1.54, 1.807) is 6.07 Å². The highest BCUT2D eigenvalue weighted by Gasteiger charge is 2.20. The lowest BCUT2D eigenvalue weighted by Gasteiger charge is -2.12. The smallest absolute Gasteiger partial charge is 0.270 e. The van der Waals surface area contributed by atoms with Crippen LogP contribution >= 0.6 is 11.8 Å². The number of nitro groups is 1. The zero-order valence-electron chi connectivity index (χ0n) is 7.23. The zero-order chi connectivity index (χ0) is 10.1. The molecule has 0 atom stereocenters. The van der Waals surface area contributed by atoms with E-state index in [-0.39, 0.29) is 11.5 Å². The van der Waals surface area contributed by atoms with Gasteiger partial charge < -0.3 is 0 Å². The zero-order valence-corrected chi connectivity index (χ0v) is 8.04. The summed E-state index contributed by atoms with van der Waals surface area (Å²) >= 11 is 1.50. The molecule has 0 spiro atoms. The van der Waals surface area contributed by atoms with Crippen molar-refractivity contribution in [1.29, 1.82) is 0 Å². The van der Waals surface area contributed by atoms with Gasteiger partial charge in [-0.3, -0.25) is 14.9 Å². The van der Waals surface area contributed by atoms with Crippen LogP contribution in [0.1, 0.15) is 16.8 Å². The molecule has 4 nitrogen and oxygen atoms in total. The van der Waals surface area contributed by atoms with Crippen molar-refractivity contribution in [2.45, 2.75) is 11.3 Å². The molecule has 0 aromatic heterocycles. The number of hydrogen-bond acceptors (Lipinski definition) is 4. The lowest BCUT2D eigenvalue weighted by Crippen LogP contribution is -2.08. The fourth-order valence-corrected chi connectivity index (χ4v) is 2.41. The van der Waals surface area contributed by atoms with Gasteiger partial charge >= 0.3 is 0 Å². The van der Waals surface area contributed by atoms with Crippen molar-refractivity contribution in [3.05, 3.63) is 33.9 Å². The van der Waals surface area contributed by atoms with E-state index in [2.05, 4.69) is 0 Å². The first-order valence-electron chi connectivity index (χ1n) is 4.13.